The van der Waals surface area contributed by atoms with Gasteiger partial charge in [0.25, 0.3) is 0 Å². The maximum atomic E-state index is 2.55. The quantitative estimate of drug-likeness (QED) is 0.566. The summed E-state index contributed by atoms with van der Waals surface area (Å²) in [5, 5.41) is 0.765. The summed E-state index contributed by atoms with van der Waals surface area (Å²) in [5.74, 6) is 1.21. The van der Waals surface area contributed by atoms with Crippen molar-refractivity contribution in [3.05, 3.63) is 0 Å². The van der Waals surface area contributed by atoms with Crippen molar-refractivity contribution >= 4 is 11.8 Å². The average Bonchev–Trinajstić information content (AvgIpc) is 2.01. The van der Waals surface area contributed by atoms with Crippen LogP contribution in [0, 0.1) is 0 Å². The van der Waals surface area contributed by atoms with Gasteiger partial charge in [-0.2, -0.15) is 0 Å². The fourth-order valence-electron chi connectivity index (χ4n) is 1.13. The lowest BCUT2D eigenvalue weighted by Gasteiger charge is -2.21. The molecule has 0 aromatic carbocycles. The van der Waals surface area contributed by atoms with Crippen molar-refractivity contribution in [2.45, 2.75) is 45.8 Å². The summed E-state index contributed by atoms with van der Waals surface area (Å²) in [7, 11) is 0. The summed E-state index contributed by atoms with van der Waals surface area (Å²) in [4.78, 5) is 2.55. The normalized spacial score (nSPS) is 11.5. The molecular weight excluding hydrogens is 166 g/mol. The molecule has 0 bridgehead atoms. The van der Waals surface area contributed by atoms with Crippen LogP contribution < -0.4 is 0 Å². The van der Waals surface area contributed by atoms with Gasteiger partial charge < -0.3 is 0 Å². The van der Waals surface area contributed by atoms with E-state index in [1.54, 1.807) is 0 Å². The minimum atomic E-state index is 0.765. The van der Waals surface area contributed by atoms with Crippen molar-refractivity contribution in [2.75, 3.05) is 19.0 Å². The third-order valence-corrected chi connectivity index (χ3v) is 2.85. The first-order chi connectivity index (χ1) is 5.70. The molecule has 74 valence electrons. The summed E-state index contributed by atoms with van der Waals surface area (Å²) in [5.41, 5.74) is 0. The monoisotopic (exact) mass is 189 g/mol. The van der Waals surface area contributed by atoms with Gasteiger partial charge in [-0.1, -0.05) is 27.7 Å². The number of nitrogens with zero attached hydrogens (tertiary/aromatic N) is 1. The highest BCUT2D eigenvalue weighted by Gasteiger charge is 2.03. The van der Waals surface area contributed by atoms with E-state index in [0.717, 1.165) is 5.25 Å². The Labute approximate surface area is 81.9 Å². The molecule has 0 heterocycles. The Morgan fingerprint density at radius 3 is 1.92 bits per heavy atom. The molecule has 0 N–H and O–H groups in total. The standard InChI is InChI=1S/C10H23NS/c1-5-7-11(8-6-2)9-12-10(3)4/h10H,5-9H2,1-4H3. The van der Waals surface area contributed by atoms with Gasteiger partial charge in [0, 0.05) is 11.1 Å². The molecule has 0 saturated carbocycles. The Morgan fingerprint density at radius 1 is 1.08 bits per heavy atom. The van der Waals surface area contributed by atoms with Crippen molar-refractivity contribution < 1.29 is 0 Å². The van der Waals surface area contributed by atoms with E-state index < -0.39 is 0 Å². The minimum Gasteiger partial charge on any atom is -0.294 e. The summed E-state index contributed by atoms with van der Waals surface area (Å²) >= 11 is 2.05. The summed E-state index contributed by atoms with van der Waals surface area (Å²) in [6.07, 6.45) is 2.55. The molecule has 0 rings (SSSR count). The highest BCUT2D eigenvalue weighted by molar-refractivity contribution is 7.99. The molecule has 0 aliphatic carbocycles. The topological polar surface area (TPSA) is 3.24 Å². The van der Waals surface area contributed by atoms with Gasteiger partial charge in [-0.15, -0.1) is 11.8 Å². The average molecular weight is 189 g/mol. The Balaban J connectivity index is 3.48. The number of hydrogen-bond donors (Lipinski definition) is 0. The smallest absolute Gasteiger partial charge is 0.0446 e. The highest BCUT2D eigenvalue weighted by atomic mass is 32.2. The van der Waals surface area contributed by atoms with Crippen LogP contribution in [0.3, 0.4) is 0 Å². The van der Waals surface area contributed by atoms with Gasteiger partial charge in [-0.3, -0.25) is 4.90 Å². The Kier molecular flexibility index (Phi) is 8.14. The van der Waals surface area contributed by atoms with Crippen LogP contribution in [-0.4, -0.2) is 29.1 Å². The van der Waals surface area contributed by atoms with Gasteiger partial charge in [-0.05, 0) is 25.9 Å². The molecule has 0 radical (unpaired) electrons. The zero-order valence-electron chi connectivity index (χ0n) is 8.97. The predicted molar refractivity (Wildman–Crippen MR) is 59.7 cm³/mol. The molecule has 0 aromatic heterocycles. The van der Waals surface area contributed by atoms with Crippen molar-refractivity contribution in [1.82, 2.24) is 4.90 Å². The first-order valence-corrected chi connectivity index (χ1v) is 6.09. The third kappa shape index (κ3) is 6.99. The van der Waals surface area contributed by atoms with E-state index in [4.69, 9.17) is 0 Å². The highest BCUT2D eigenvalue weighted by Crippen LogP contribution is 2.11. The maximum Gasteiger partial charge on any atom is 0.0446 e. The zero-order valence-corrected chi connectivity index (χ0v) is 9.78. The van der Waals surface area contributed by atoms with Gasteiger partial charge in [0.15, 0.2) is 0 Å². The van der Waals surface area contributed by atoms with Crippen LogP contribution in [0.1, 0.15) is 40.5 Å². The fraction of sp³-hybridized carbons (Fsp3) is 1.00. The fourth-order valence-corrected chi connectivity index (χ4v) is 1.89. The summed E-state index contributed by atoms with van der Waals surface area (Å²) in [6, 6.07) is 0. The Bertz CT molecular complexity index is 87.8. The molecule has 0 fully saturated rings. The number of hydrogen-bond acceptors (Lipinski definition) is 2. The molecule has 0 aliphatic heterocycles. The van der Waals surface area contributed by atoms with Crippen LogP contribution in [0.4, 0.5) is 0 Å². The maximum absolute atomic E-state index is 2.55. The predicted octanol–water partition coefficient (Wildman–Crippen LogP) is 3.21. The molecule has 0 aliphatic rings. The van der Waals surface area contributed by atoms with Crippen molar-refractivity contribution in [3.8, 4) is 0 Å². The molecule has 0 amide bonds. The molecule has 0 aromatic rings. The van der Waals surface area contributed by atoms with E-state index in [2.05, 4.69) is 32.6 Å². The van der Waals surface area contributed by atoms with Crippen LogP contribution in [0.5, 0.6) is 0 Å². The van der Waals surface area contributed by atoms with Gasteiger partial charge in [0.2, 0.25) is 0 Å². The van der Waals surface area contributed by atoms with E-state index in [-0.39, 0.29) is 0 Å². The molecule has 2 heteroatoms. The number of rotatable bonds is 7. The molecule has 12 heavy (non-hydrogen) atoms. The Hall–Kier alpha value is 0.310. The van der Waals surface area contributed by atoms with Gasteiger partial charge in [0.1, 0.15) is 0 Å². The van der Waals surface area contributed by atoms with Crippen LogP contribution in [0.15, 0.2) is 0 Å². The van der Waals surface area contributed by atoms with E-state index in [9.17, 15) is 0 Å². The second-order valence-electron chi connectivity index (χ2n) is 3.46. The molecule has 0 saturated heterocycles. The van der Waals surface area contributed by atoms with Gasteiger partial charge in [0.05, 0.1) is 0 Å². The lowest BCUT2D eigenvalue weighted by atomic mass is 10.4. The molecule has 0 unspecified atom stereocenters. The van der Waals surface area contributed by atoms with Crippen LogP contribution in [0.2, 0.25) is 0 Å². The molecular formula is C10H23NS. The van der Waals surface area contributed by atoms with Crippen LogP contribution in [0.25, 0.3) is 0 Å². The van der Waals surface area contributed by atoms with Crippen LogP contribution in [-0.2, 0) is 0 Å². The lowest BCUT2D eigenvalue weighted by Crippen LogP contribution is -2.25. The molecule has 0 spiro atoms. The van der Waals surface area contributed by atoms with Crippen LogP contribution >= 0.6 is 11.8 Å². The van der Waals surface area contributed by atoms with Crippen molar-refractivity contribution in [1.29, 1.82) is 0 Å². The van der Waals surface area contributed by atoms with Gasteiger partial charge >= 0.3 is 0 Å². The minimum absolute atomic E-state index is 0.765. The summed E-state index contributed by atoms with van der Waals surface area (Å²) < 4.78 is 0. The molecule has 0 atom stereocenters. The van der Waals surface area contributed by atoms with Crippen molar-refractivity contribution in [3.63, 3.8) is 0 Å². The third-order valence-electron chi connectivity index (χ3n) is 1.67. The van der Waals surface area contributed by atoms with Crippen molar-refractivity contribution in [2.24, 2.45) is 0 Å². The SMILES string of the molecule is CCCN(CCC)CSC(C)C. The number of thioether (sulfide) groups is 1. The summed E-state index contributed by atoms with van der Waals surface area (Å²) in [6.45, 7) is 11.5. The first kappa shape index (κ1) is 12.3. The van der Waals surface area contributed by atoms with E-state index in [0.29, 0.717) is 0 Å². The van der Waals surface area contributed by atoms with E-state index in [1.807, 2.05) is 11.8 Å². The van der Waals surface area contributed by atoms with E-state index >= 15 is 0 Å². The first-order valence-electron chi connectivity index (χ1n) is 5.04. The zero-order chi connectivity index (χ0) is 9.40. The second-order valence-corrected chi connectivity index (χ2v) is 5.00. The van der Waals surface area contributed by atoms with Gasteiger partial charge in [-0.25, -0.2) is 0 Å². The molecule has 1 nitrogen and oxygen atoms in total. The Morgan fingerprint density at radius 2 is 1.58 bits per heavy atom. The lowest BCUT2D eigenvalue weighted by molar-refractivity contribution is 0.322. The second kappa shape index (κ2) is 7.93. The van der Waals surface area contributed by atoms with E-state index in [1.165, 1.54) is 31.8 Å². The largest absolute Gasteiger partial charge is 0.294 e.